The zero-order chi connectivity index (χ0) is 37.4. The SMILES string of the molecule is CCOC(=O)c1cc2nc(/N=C\N(C)C)[nH]c(=O)c2nc1C(=O)Nc1ccc(C(=O)N[C@@H](CCC(=O)OC(C)(C)C)C(=O)OC(C)(C)C)cc1. The molecule has 2 aromatic heterocycles. The maximum Gasteiger partial charge on any atom is 0.340 e. The van der Waals surface area contributed by atoms with Crippen molar-refractivity contribution in [1.82, 2.24) is 25.2 Å². The Balaban J connectivity index is 1.84. The number of carbonyl (C=O) groups excluding carboxylic acids is 5. The molecule has 2 amide bonds. The number of ether oxygens (including phenoxy) is 3. The van der Waals surface area contributed by atoms with Crippen LogP contribution >= 0.6 is 0 Å². The smallest absolute Gasteiger partial charge is 0.340 e. The molecule has 268 valence electrons. The van der Waals surface area contributed by atoms with Gasteiger partial charge in [0, 0.05) is 31.8 Å². The Morgan fingerprint density at radius 2 is 1.60 bits per heavy atom. The number of esters is 3. The fourth-order valence-corrected chi connectivity index (χ4v) is 4.24. The van der Waals surface area contributed by atoms with Gasteiger partial charge in [-0.25, -0.2) is 24.5 Å². The molecule has 3 N–H and O–H groups in total. The first kappa shape index (κ1) is 38.8. The van der Waals surface area contributed by atoms with Gasteiger partial charge >= 0.3 is 17.9 Å². The third-order valence-corrected chi connectivity index (χ3v) is 6.25. The van der Waals surface area contributed by atoms with Crippen molar-refractivity contribution in [2.45, 2.75) is 78.6 Å². The number of H-pyrrole nitrogens is 1. The maximum atomic E-state index is 13.4. The number of carbonyl (C=O) groups is 5. The molecule has 0 saturated carbocycles. The number of amides is 2. The summed E-state index contributed by atoms with van der Waals surface area (Å²) in [6.45, 7) is 11.8. The van der Waals surface area contributed by atoms with E-state index in [2.05, 4.69) is 30.6 Å². The van der Waals surface area contributed by atoms with E-state index >= 15 is 0 Å². The van der Waals surface area contributed by atoms with Gasteiger partial charge in [0.25, 0.3) is 17.4 Å². The Kier molecular flexibility index (Phi) is 12.5. The van der Waals surface area contributed by atoms with Crippen LogP contribution in [0.25, 0.3) is 11.0 Å². The number of rotatable bonds is 12. The Hall–Kier alpha value is -5.67. The minimum Gasteiger partial charge on any atom is -0.462 e. The predicted octanol–water partition coefficient (Wildman–Crippen LogP) is 3.53. The number of nitrogens with zero attached hydrogens (tertiary/aromatic N) is 4. The molecule has 0 aliphatic heterocycles. The van der Waals surface area contributed by atoms with Crippen molar-refractivity contribution >= 4 is 58.7 Å². The molecule has 50 heavy (non-hydrogen) atoms. The van der Waals surface area contributed by atoms with E-state index in [4.69, 9.17) is 14.2 Å². The number of fused-ring (bicyclic) bond motifs is 1. The number of aromatic amines is 1. The maximum absolute atomic E-state index is 13.4. The topological polar surface area (TPSA) is 211 Å². The van der Waals surface area contributed by atoms with Gasteiger partial charge in [-0.05, 0) is 85.2 Å². The van der Waals surface area contributed by atoms with Crippen LogP contribution in [0.1, 0.15) is 92.5 Å². The molecule has 0 saturated heterocycles. The van der Waals surface area contributed by atoms with Gasteiger partial charge in [0.1, 0.15) is 22.9 Å². The minimum absolute atomic E-state index is 0.0123. The lowest BCUT2D eigenvalue weighted by Crippen LogP contribution is -2.44. The summed E-state index contributed by atoms with van der Waals surface area (Å²) in [4.78, 5) is 94.0. The van der Waals surface area contributed by atoms with E-state index in [1.165, 1.54) is 36.7 Å². The molecule has 1 atom stereocenters. The summed E-state index contributed by atoms with van der Waals surface area (Å²) >= 11 is 0. The lowest BCUT2D eigenvalue weighted by molar-refractivity contribution is -0.158. The minimum atomic E-state index is -1.15. The third kappa shape index (κ3) is 11.5. The number of aliphatic imine (C=N–C) groups is 1. The molecule has 2 heterocycles. The Morgan fingerprint density at radius 3 is 2.18 bits per heavy atom. The van der Waals surface area contributed by atoms with Crippen LogP contribution in [0.2, 0.25) is 0 Å². The highest BCUT2D eigenvalue weighted by Crippen LogP contribution is 2.19. The molecule has 0 aliphatic carbocycles. The molecule has 1 aromatic carbocycles. The average Bonchev–Trinajstić information content (AvgIpc) is 3.00. The van der Waals surface area contributed by atoms with Crippen molar-refractivity contribution in [3.05, 3.63) is 57.5 Å². The monoisotopic (exact) mass is 693 g/mol. The van der Waals surface area contributed by atoms with Crippen LogP contribution < -0.4 is 16.2 Å². The summed E-state index contributed by atoms with van der Waals surface area (Å²) in [6.07, 6.45) is 1.22. The number of aromatic nitrogens is 3. The number of benzene rings is 1. The summed E-state index contributed by atoms with van der Waals surface area (Å²) in [5, 5.41) is 5.21. The van der Waals surface area contributed by atoms with Crippen molar-refractivity contribution in [2.24, 2.45) is 4.99 Å². The summed E-state index contributed by atoms with van der Waals surface area (Å²) in [5.74, 6) is -3.62. The van der Waals surface area contributed by atoms with E-state index in [1.807, 2.05) is 0 Å². The Labute approximate surface area is 289 Å². The number of nitrogens with one attached hydrogen (secondary N) is 3. The molecule has 0 aliphatic rings. The highest BCUT2D eigenvalue weighted by Gasteiger charge is 2.29. The first-order chi connectivity index (χ1) is 23.3. The van der Waals surface area contributed by atoms with Gasteiger partial charge in [-0.2, -0.15) is 0 Å². The van der Waals surface area contributed by atoms with Crippen molar-refractivity contribution in [3.8, 4) is 0 Å². The molecule has 3 rings (SSSR count). The number of pyridine rings is 1. The van der Waals surface area contributed by atoms with E-state index in [-0.39, 0.29) is 58.9 Å². The summed E-state index contributed by atoms with van der Waals surface area (Å²) in [6, 6.07) is 5.72. The van der Waals surface area contributed by atoms with Gasteiger partial charge in [0.15, 0.2) is 5.52 Å². The van der Waals surface area contributed by atoms with Crippen LogP contribution in [-0.4, -0.2) is 93.9 Å². The summed E-state index contributed by atoms with van der Waals surface area (Å²) in [7, 11) is 3.46. The highest BCUT2D eigenvalue weighted by atomic mass is 16.6. The molecule has 0 unspecified atom stereocenters. The van der Waals surface area contributed by atoms with Crippen LogP contribution in [0.4, 0.5) is 11.6 Å². The van der Waals surface area contributed by atoms with Crippen molar-refractivity contribution in [1.29, 1.82) is 0 Å². The second-order valence-corrected chi connectivity index (χ2v) is 13.3. The first-order valence-corrected chi connectivity index (χ1v) is 15.8. The zero-order valence-corrected chi connectivity index (χ0v) is 29.6. The predicted molar refractivity (Wildman–Crippen MR) is 185 cm³/mol. The van der Waals surface area contributed by atoms with Gasteiger partial charge in [-0.15, -0.1) is 0 Å². The van der Waals surface area contributed by atoms with Gasteiger partial charge in [-0.1, -0.05) is 0 Å². The van der Waals surface area contributed by atoms with E-state index in [1.54, 1.807) is 67.5 Å². The molecule has 16 nitrogen and oxygen atoms in total. The van der Waals surface area contributed by atoms with Crippen molar-refractivity contribution in [3.63, 3.8) is 0 Å². The zero-order valence-electron chi connectivity index (χ0n) is 29.6. The third-order valence-electron chi connectivity index (χ3n) is 6.25. The van der Waals surface area contributed by atoms with Crippen LogP contribution in [-0.2, 0) is 23.8 Å². The van der Waals surface area contributed by atoms with Crippen molar-refractivity contribution < 1.29 is 38.2 Å². The molecule has 0 radical (unpaired) electrons. The quantitative estimate of drug-likeness (QED) is 0.108. The first-order valence-electron chi connectivity index (χ1n) is 15.8. The lowest BCUT2D eigenvalue weighted by Gasteiger charge is -2.25. The van der Waals surface area contributed by atoms with E-state index < -0.39 is 52.5 Å². The summed E-state index contributed by atoms with van der Waals surface area (Å²) in [5.41, 5.74) is -2.69. The second-order valence-electron chi connectivity index (χ2n) is 13.3. The second kappa shape index (κ2) is 16.2. The highest BCUT2D eigenvalue weighted by molar-refractivity contribution is 6.11. The fraction of sp³-hybridized carbons (Fsp3) is 0.441. The van der Waals surface area contributed by atoms with Crippen LogP contribution in [0.15, 0.2) is 40.1 Å². The molecule has 0 fully saturated rings. The van der Waals surface area contributed by atoms with Crippen LogP contribution in [0, 0.1) is 0 Å². The number of hydrogen-bond donors (Lipinski definition) is 3. The van der Waals surface area contributed by atoms with E-state index in [9.17, 15) is 28.8 Å². The average molecular weight is 694 g/mol. The van der Waals surface area contributed by atoms with Gasteiger partial charge in [0.2, 0.25) is 5.95 Å². The standard InChI is InChI=1S/C34H43N7O9/c1-10-48-30(46)21-17-23-26(29(45)40-32(38-23)35-18-41(8)9)39-25(21)28(44)36-20-13-11-19(12-14-20)27(43)37-22(31(47)50-34(5,6)7)15-16-24(42)49-33(2,3)4/h11-14,17-18,22H,10,15-16H2,1-9H3,(H,36,44)(H,37,43)(H,38,40,45)/b35-18-/t22-/m0/s1. The molecular weight excluding hydrogens is 650 g/mol. The Bertz CT molecular complexity index is 1840. The molecule has 0 spiro atoms. The van der Waals surface area contributed by atoms with Gasteiger partial charge in [-0.3, -0.25) is 24.2 Å². The molecule has 0 bridgehead atoms. The normalized spacial score (nSPS) is 12.3. The van der Waals surface area contributed by atoms with Gasteiger partial charge in [0.05, 0.1) is 24.0 Å². The van der Waals surface area contributed by atoms with E-state index in [0.717, 1.165) is 0 Å². The number of anilines is 1. The molecular formula is C34H43N7O9. The van der Waals surface area contributed by atoms with Crippen molar-refractivity contribution in [2.75, 3.05) is 26.0 Å². The molecule has 3 aromatic rings. The summed E-state index contributed by atoms with van der Waals surface area (Å²) < 4.78 is 15.9. The fourth-order valence-electron chi connectivity index (χ4n) is 4.24. The van der Waals surface area contributed by atoms with Crippen LogP contribution in [0.3, 0.4) is 0 Å². The lowest BCUT2D eigenvalue weighted by atomic mass is 10.1. The Morgan fingerprint density at radius 1 is 0.960 bits per heavy atom. The largest absolute Gasteiger partial charge is 0.462 e. The van der Waals surface area contributed by atoms with Crippen LogP contribution in [0.5, 0.6) is 0 Å². The van der Waals surface area contributed by atoms with Gasteiger partial charge < -0.3 is 29.7 Å². The number of hydrogen-bond acceptors (Lipinski definition) is 12. The van der Waals surface area contributed by atoms with E-state index in [0.29, 0.717) is 0 Å². The molecule has 16 heteroatoms.